The molecule has 1 amide bonds. The van der Waals surface area contributed by atoms with Gasteiger partial charge in [0.25, 0.3) is 0 Å². The van der Waals surface area contributed by atoms with Crippen molar-refractivity contribution in [1.82, 2.24) is 15.5 Å². The number of ether oxygens (including phenoxy) is 1. The van der Waals surface area contributed by atoms with Crippen LogP contribution in [0.15, 0.2) is 0 Å². The van der Waals surface area contributed by atoms with Gasteiger partial charge < -0.3 is 15.4 Å². The van der Waals surface area contributed by atoms with Crippen molar-refractivity contribution >= 4 is 5.91 Å². The molecule has 0 bridgehead atoms. The van der Waals surface area contributed by atoms with Gasteiger partial charge in [0.2, 0.25) is 5.91 Å². The summed E-state index contributed by atoms with van der Waals surface area (Å²) in [5, 5.41) is 6.21. The summed E-state index contributed by atoms with van der Waals surface area (Å²) >= 11 is 0. The van der Waals surface area contributed by atoms with Crippen molar-refractivity contribution in [2.75, 3.05) is 33.3 Å². The summed E-state index contributed by atoms with van der Waals surface area (Å²) < 4.78 is 5.24. The fourth-order valence-electron chi connectivity index (χ4n) is 2.57. The van der Waals surface area contributed by atoms with Gasteiger partial charge in [-0.15, -0.1) is 0 Å². The first-order chi connectivity index (χ1) is 8.74. The first-order valence-corrected chi connectivity index (χ1v) is 7.02. The second-order valence-electron chi connectivity index (χ2n) is 5.21. The Morgan fingerprint density at radius 1 is 1.50 bits per heavy atom. The molecule has 2 rings (SSSR count). The number of nitrogens with one attached hydrogen (secondary N) is 2. The third-order valence-corrected chi connectivity index (χ3v) is 3.91. The van der Waals surface area contributed by atoms with Gasteiger partial charge in [0, 0.05) is 32.8 Å². The first kappa shape index (κ1) is 13.8. The molecule has 2 unspecified atom stereocenters. The van der Waals surface area contributed by atoms with E-state index in [1.54, 1.807) is 7.11 Å². The molecule has 2 fully saturated rings. The molecule has 0 radical (unpaired) electrons. The average Bonchev–Trinajstić information content (AvgIpc) is 3.10. The van der Waals surface area contributed by atoms with Crippen LogP contribution in [0, 0.1) is 0 Å². The number of nitrogens with zero attached hydrogens (tertiary/aromatic N) is 1. The summed E-state index contributed by atoms with van der Waals surface area (Å²) in [4.78, 5) is 14.4. The smallest absolute Gasteiger partial charge is 0.237 e. The maximum Gasteiger partial charge on any atom is 0.237 e. The highest BCUT2D eigenvalue weighted by Gasteiger charge is 2.30. The highest BCUT2D eigenvalue weighted by atomic mass is 16.5. The van der Waals surface area contributed by atoms with Crippen molar-refractivity contribution in [2.24, 2.45) is 0 Å². The van der Waals surface area contributed by atoms with Gasteiger partial charge in [-0.25, -0.2) is 0 Å². The molecule has 5 nitrogen and oxygen atoms in total. The zero-order valence-corrected chi connectivity index (χ0v) is 11.4. The summed E-state index contributed by atoms with van der Waals surface area (Å²) in [6, 6.07) is 0.695. The van der Waals surface area contributed by atoms with Gasteiger partial charge in [-0.2, -0.15) is 0 Å². The van der Waals surface area contributed by atoms with Crippen LogP contribution in [-0.2, 0) is 9.53 Å². The minimum atomic E-state index is -0.0778. The number of hydrogen-bond acceptors (Lipinski definition) is 4. The molecule has 1 aliphatic heterocycles. The number of hydrogen-bond donors (Lipinski definition) is 2. The molecule has 18 heavy (non-hydrogen) atoms. The molecule has 5 heteroatoms. The summed E-state index contributed by atoms with van der Waals surface area (Å²) in [6.45, 7) is 5.75. The number of rotatable bonds is 7. The van der Waals surface area contributed by atoms with Crippen LogP contribution >= 0.6 is 0 Å². The van der Waals surface area contributed by atoms with E-state index in [4.69, 9.17) is 4.74 Å². The quantitative estimate of drug-likeness (QED) is 0.670. The van der Waals surface area contributed by atoms with Gasteiger partial charge in [-0.05, 0) is 25.8 Å². The van der Waals surface area contributed by atoms with Gasteiger partial charge in [0.05, 0.1) is 12.1 Å². The highest BCUT2D eigenvalue weighted by molar-refractivity contribution is 5.82. The molecule has 1 saturated heterocycles. The monoisotopic (exact) mass is 255 g/mol. The van der Waals surface area contributed by atoms with Crippen LogP contribution in [0.25, 0.3) is 0 Å². The summed E-state index contributed by atoms with van der Waals surface area (Å²) in [5.41, 5.74) is 0. The molecule has 1 aliphatic carbocycles. The second-order valence-corrected chi connectivity index (χ2v) is 5.21. The van der Waals surface area contributed by atoms with Gasteiger partial charge in [0.15, 0.2) is 0 Å². The summed E-state index contributed by atoms with van der Waals surface area (Å²) in [7, 11) is 1.70. The maximum absolute atomic E-state index is 11.9. The molecule has 104 valence electrons. The Kier molecular flexibility index (Phi) is 4.97. The van der Waals surface area contributed by atoms with E-state index in [1.165, 1.54) is 12.8 Å². The number of likely N-dealkylation sites (N-methyl/N-ethyl adjacent to an activating group) is 1. The number of carbonyl (C=O) groups excluding carboxylic acids is 1. The Morgan fingerprint density at radius 3 is 2.83 bits per heavy atom. The first-order valence-electron chi connectivity index (χ1n) is 7.02. The van der Waals surface area contributed by atoms with E-state index >= 15 is 0 Å². The lowest BCUT2D eigenvalue weighted by atomic mass is 10.2. The van der Waals surface area contributed by atoms with Crippen molar-refractivity contribution in [3.8, 4) is 0 Å². The predicted octanol–water partition coefficient (Wildman–Crippen LogP) is -0.0362. The van der Waals surface area contributed by atoms with E-state index in [1.807, 2.05) is 0 Å². The standard InChI is InChI=1S/C13H25N3O2/c1-3-16(10-4-5-10)7-6-14-13(17)12-8-11(18-2)9-15-12/h10-12,15H,3-9H2,1-2H3,(H,14,17). The Hall–Kier alpha value is -0.650. The Balaban J connectivity index is 1.62. The number of amides is 1. The third kappa shape index (κ3) is 3.67. The van der Waals surface area contributed by atoms with E-state index in [-0.39, 0.29) is 18.1 Å². The van der Waals surface area contributed by atoms with Gasteiger partial charge >= 0.3 is 0 Å². The van der Waals surface area contributed by atoms with Gasteiger partial charge in [-0.3, -0.25) is 9.69 Å². The molecule has 0 aromatic heterocycles. The van der Waals surface area contributed by atoms with Crippen molar-refractivity contribution in [3.05, 3.63) is 0 Å². The lowest BCUT2D eigenvalue weighted by molar-refractivity contribution is -0.123. The second kappa shape index (κ2) is 6.50. The van der Waals surface area contributed by atoms with Crippen molar-refractivity contribution in [1.29, 1.82) is 0 Å². The predicted molar refractivity (Wildman–Crippen MR) is 70.5 cm³/mol. The van der Waals surface area contributed by atoms with Crippen molar-refractivity contribution in [2.45, 2.75) is 44.4 Å². The maximum atomic E-state index is 11.9. The van der Waals surface area contributed by atoms with Crippen LogP contribution in [-0.4, -0.2) is 62.3 Å². The van der Waals surface area contributed by atoms with E-state index in [0.717, 1.165) is 38.6 Å². The molecular formula is C13H25N3O2. The van der Waals surface area contributed by atoms with Crippen molar-refractivity contribution < 1.29 is 9.53 Å². The van der Waals surface area contributed by atoms with E-state index in [2.05, 4.69) is 22.5 Å². The molecule has 0 aromatic rings. The van der Waals surface area contributed by atoms with Crippen molar-refractivity contribution in [3.63, 3.8) is 0 Å². The third-order valence-electron chi connectivity index (χ3n) is 3.91. The Labute approximate surface area is 109 Å². The van der Waals surface area contributed by atoms with Crippen LogP contribution in [0.5, 0.6) is 0 Å². The van der Waals surface area contributed by atoms with Crippen LogP contribution in [0.3, 0.4) is 0 Å². The minimum Gasteiger partial charge on any atom is -0.380 e. The fraction of sp³-hybridized carbons (Fsp3) is 0.923. The Bertz CT molecular complexity index is 281. The van der Waals surface area contributed by atoms with Crippen LogP contribution in [0.4, 0.5) is 0 Å². The zero-order valence-electron chi connectivity index (χ0n) is 11.4. The molecule has 2 N–H and O–H groups in total. The van der Waals surface area contributed by atoms with E-state index in [0.29, 0.717) is 0 Å². The van der Waals surface area contributed by atoms with Gasteiger partial charge in [0.1, 0.15) is 0 Å². The summed E-state index contributed by atoms with van der Waals surface area (Å²) in [5.74, 6) is 0.112. The zero-order chi connectivity index (χ0) is 13.0. The van der Waals surface area contributed by atoms with E-state index in [9.17, 15) is 4.79 Å². The molecule has 0 aromatic carbocycles. The highest BCUT2D eigenvalue weighted by Crippen LogP contribution is 2.25. The topological polar surface area (TPSA) is 53.6 Å². The fourth-order valence-corrected chi connectivity index (χ4v) is 2.57. The van der Waals surface area contributed by atoms with Crippen LogP contribution < -0.4 is 10.6 Å². The molecule has 2 aliphatic rings. The lowest BCUT2D eigenvalue weighted by Crippen LogP contribution is -2.43. The molecule has 2 atom stereocenters. The molecule has 0 spiro atoms. The summed E-state index contributed by atoms with van der Waals surface area (Å²) in [6.07, 6.45) is 3.60. The van der Waals surface area contributed by atoms with Gasteiger partial charge in [-0.1, -0.05) is 6.92 Å². The molecule has 1 saturated carbocycles. The normalized spacial score (nSPS) is 27.7. The average molecular weight is 255 g/mol. The largest absolute Gasteiger partial charge is 0.380 e. The lowest BCUT2D eigenvalue weighted by Gasteiger charge is -2.20. The van der Waals surface area contributed by atoms with Crippen LogP contribution in [0.2, 0.25) is 0 Å². The minimum absolute atomic E-state index is 0.0778. The number of methoxy groups -OCH3 is 1. The van der Waals surface area contributed by atoms with Crippen LogP contribution in [0.1, 0.15) is 26.2 Å². The SMILES string of the molecule is CCN(CCNC(=O)C1CC(OC)CN1)C1CC1. The molecule has 1 heterocycles. The Morgan fingerprint density at radius 2 is 2.28 bits per heavy atom. The van der Waals surface area contributed by atoms with E-state index < -0.39 is 0 Å². The molecular weight excluding hydrogens is 230 g/mol. The number of carbonyl (C=O) groups is 1.